The molecule has 89 heavy (non-hydrogen) atoms. The molecule has 0 bridgehead atoms. The van der Waals surface area contributed by atoms with E-state index in [0.29, 0.717) is 33.2 Å². The summed E-state index contributed by atoms with van der Waals surface area (Å²) in [5.74, 6) is 14.4. The largest absolute Gasteiger partial charge is 0.401 e. The van der Waals surface area contributed by atoms with E-state index in [0.717, 1.165) is 167 Å². The van der Waals surface area contributed by atoms with Crippen LogP contribution in [0.2, 0.25) is 33.2 Å². The number of fused-ring (bicyclic) bond motifs is 14. The maximum atomic E-state index is 5.87. The lowest BCUT2D eigenvalue weighted by atomic mass is 10.1. The molecule has 1 N–H and O–H groups in total. The van der Waals surface area contributed by atoms with Crippen LogP contribution in [0.4, 0.5) is 11.6 Å². The lowest BCUT2D eigenvalue weighted by Gasteiger charge is -2.49. The molecule has 0 fully saturated rings. The average Bonchev–Trinajstić information content (AvgIpc) is 1.49. The van der Waals surface area contributed by atoms with Crippen molar-refractivity contribution in [1.29, 1.82) is 0 Å². The van der Waals surface area contributed by atoms with Crippen molar-refractivity contribution in [3.05, 3.63) is 166 Å². The zero-order valence-electron chi connectivity index (χ0n) is 53.8. The van der Waals surface area contributed by atoms with E-state index in [1.807, 2.05) is 0 Å². The number of aromatic nitrogens is 5. The Labute approximate surface area is 524 Å². The fraction of sp³-hybridized carbons (Fsp3) is 0.347. The summed E-state index contributed by atoms with van der Waals surface area (Å²) in [5.41, 5.74) is 26.1. The first-order chi connectivity index (χ1) is 43.0. The number of hydrogen-bond donors (Lipinski definition) is 1. The van der Waals surface area contributed by atoms with E-state index < -0.39 is 22.1 Å². The van der Waals surface area contributed by atoms with Gasteiger partial charge in [-0.25, -0.2) is 14.9 Å². The molecule has 14 heteroatoms. The second kappa shape index (κ2) is 19.7. The molecule has 0 amide bonds. The molecule has 7 aliphatic heterocycles. The quantitative estimate of drug-likeness (QED) is 0.0748. The number of aliphatic imine (C=N–C) groups is 3. The van der Waals surface area contributed by atoms with Gasteiger partial charge in [0.05, 0.1) is 55.1 Å². The van der Waals surface area contributed by atoms with Crippen LogP contribution in [0.15, 0.2) is 136 Å². The summed E-state index contributed by atoms with van der Waals surface area (Å²) in [6, 6.07) is 44.5. The summed E-state index contributed by atoms with van der Waals surface area (Å²) in [7, 11) is -3.80. The number of aryl methyl sites for hydroxylation is 2. The third-order valence-electron chi connectivity index (χ3n) is 21.3. The van der Waals surface area contributed by atoms with E-state index in [-0.39, 0.29) is 6.17 Å². The predicted octanol–water partition coefficient (Wildman–Crippen LogP) is 16.3. The molecule has 10 heterocycles. The van der Waals surface area contributed by atoms with E-state index in [9.17, 15) is 0 Å². The molecule has 0 saturated carbocycles. The summed E-state index contributed by atoms with van der Waals surface area (Å²) >= 11 is 0. The third kappa shape index (κ3) is 7.27. The van der Waals surface area contributed by atoms with E-state index in [1.165, 1.54) is 0 Å². The summed E-state index contributed by atoms with van der Waals surface area (Å²) in [6.45, 7) is 34.7. The lowest BCUT2D eigenvalue weighted by Crippen LogP contribution is -2.75. The maximum absolute atomic E-state index is 5.87. The highest BCUT2D eigenvalue weighted by atomic mass is 28.3. The molecule has 0 saturated heterocycles. The highest BCUT2D eigenvalue weighted by Crippen LogP contribution is 2.59. The molecule has 2 atom stereocenters. The molecule has 0 radical (unpaired) electrons. The standard InChI is InChI=1S/C75H77N12Si2/c1-15-35-82-63-41-59-57(39-61(63)76-65(82)51-29-25-49(26-30-51)33-37-88(43(3)4,44(5)6)45(7)8)71-78-67-53-21-17-18-22-54(53)68-79-72-58-40-62-64(83(36-16-2)66(77-62)52-31-27-50(28-32-52)34-38-89(46(9)10,47(11)12)48(13)14)42-60(58)74-81-70-56-24-20-19-23-55(56)69-80-73(59)86(71)75(84(67)68,85(69)70)87(72)74/h17-32,39-48,73H,15-16,35-36H2,1-14H3/q+1/p+1/t73?,75-/m1/s1. The molecule has 0 aliphatic carbocycles. The molecule has 1 unspecified atom stereocenters. The summed E-state index contributed by atoms with van der Waals surface area (Å²) < 4.78 is 12.2. The Morgan fingerprint density at radius 1 is 0.517 bits per heavy atom. The Balaban J connectivity index is 0.880. The zero-order valence-corrected chi connectivity index (χ0v) is 55.8. The smallest absolute Gasteiger partial charge is 0.324 e. The van der Waals surface area contributed by atoms with Crippen molar-refractivity contribution in [1.82, 2.24) is 33.9 Å². The van der Waals surface area contributed by atoms with Gasteiger partial charge in [0, 0.05) is 46.5 Å². The van der Waals surface area contributed by atoms with Gasteiger partial charge < -0.3 is 9.13 Å². The van der Waals surface area contributed by atoms with Crippen molar-refractivity contribution in [3.63, 3.8) is 0 Å². The van der Waals surface area contributed by atoms with Crippen molar-refractivity contribution in [2.75, 3.05) is 0 Å². The number of imidazole rings is 2. The van der Waals surface area contributed by atoms with Gasteiger partial charge in [0.1, 0.15) is 27.8 Å². The van der Waals surface area contributed by atoms with Crippen molar-refractivity contribution in [2.45, 2.75) is 168 Å². The van der Waals surface area contributed by atoms with Gasteiger partial charge in [0.2, 0.25) is 23.3 Å². The van der Waals surface area contributed by atoms with Crippen LogP contribution < -0.4 is 5.32 Å². The first-order valence-corrected chi connectivity index (χ1v) is 37.2. The molecule has 3 aromatic heterocycles. The Bertz CT molecular complexity index is 4850. The highest BCUT2D eigenvalue weighted by Gasteiger charge is 2.75. The minimum absolute atomic E-state index is 0.343. The molecule has 1 spiro atoms. The van der Waals surface area contributed by atoms with Crippen LogP contribution in [0.3, 0.4) is 0 Å². The number of benzene rings is 6. The molecule has 444 valence electrons. The minimum atomic E-state index is -1.90. The SMILES string of the molecule is CCCn1c(-c2ccc(C#C[Si](C(C)C)(C(C)C)C(C)C)cc2)nc2cc3c(cc21)C1NC2=[N+]4C(=Nc5c6cc7c(cc6c6n5[C@@]45N1C3=NC1=[N+]5C(=N6)c3ccccc31)nc(-c1ccc(C#C[Si](C(C)C)(C(C)C)C(C)C)cc1)n7CCC)c1ccccc12. The number of amidine groups is 5. The molecule has 7 aliphatic rings. The van der Waals surface area contributed by atoms with Crippen LogP contribution >= 0.6 is 0 Å². The van der Waals surface area contributed by atoms with Gasteiger partial charge in [-0.05, 0) is 119 Å². The molecule has 9 aromatic rings. The number of hydrogen-bond acceptors (Lipinski definition) is 7. The second-order valence-electron chi connectivity index (χ2n) is 27.7. The normalized spacial score (nSPS) is 18.0. The van der Waals surface area contributed by atoms with E-state index in [4.69, 9.17) is 24.9 Å². The first-order valence-electron chi connectivity index (χ1n) is 32.7. The van der Waals surface area contributed by atoms with Gasteiger partial charge >= 0.3 is 5.91 Å². The van der Waals surface area contributed by atoms with Crippen molar-refractivity contribution in [3.8, 4) is 45.7 Å². The van der Waals surface area contributed by atoms with Gasteiger partial charge in [-0.3, -0.25) is 5.32 Å². The predicted molar refractivity (Wildman–Crippen MR) is 369 cm³/mol. The Kier molecular flexibility index (Phi) is 12.3. The van der Waals surface area contributed by atoms with Gasteiger partial charge in [0.15, 0.2) is 6.17 Å². The van der Waals surface area contributed by atoms with Crippen molar-refractivity contribution in [2.24, 2.45) is 15.0 Å². The van der Waals surface area contributed by atoms with Crippen molar-refractivity contribution >= 4 is 89.8 Å². The van der Waals surface area contributed by atoms with Crippen molar-refractivity contribution < 1.29 is 9.15 Å². The van der Waals surface area contributed by atoms with Gasteiger partial charge in [-0.1, -0.05) is 172 Å². The number of rotatable bonds is 12. The number of nitrogens with one attached hydrogen (secondary N) is 1. The summed E-state index contributed by atoms with van der Waals surface area (Å²) in [5, 5.41) is 6.24. The van der Waals surface area contributed by atoms with E-state index >= 15 is 0 Å². The second-order valence-corrected chi connectivity index (χ2v) is 38.8. The van der Waals surface area contributed by atoms with E-state index in [2.05, 4.69) is 274 Å². The molecule has 6 aromatic carbocycles. The Hall–Kier alpha value is -8.70. The molecule has 16 rings (SSSR count). The molecule has 12 nitrogen and oxygen atoms in total. The zero-order chi connectivity index (χ0) is 61.5. The average molecular weight is 1200 g/mol. The maximum Gasteiger partial charge on any atom is 0.401 e. The topological polar surface area (TPSA) is 98.9 Å². The monoisotopic (exact) mass is 1200 g/mol. The summed E-state index contributed by atoms with van der Waals surface area (Å²) in [6.07, 6.45) is 1.56. The highest BCUT2D eigenvalue weighted by molar-refractivity contribution is 6.91. The Morgan fingerprint density at radius 3 is 1.49 bits per heavy atom. The number of nitrogens with zero attached hydrogens (tertiary/aromatic N) is 11. The van der Waals surface area contributed by atoms with Gasteiger partial charge in [0.25, 0.3) is 17.5 Å². The third-order valence-corrected chi connectivity index (χ3v) is 33.9. The van der Waals surface area contributed by atoms with Gasteiger partial charge in [-0.2, -0.15) is 9.14 Å². The van der Waals surface area contributed by atoms with Crippen LogP contribution in [0.25, 0.3) is 55.6 Å². The van der Waals surface area contributed by atoms with Crippen LogP contribution in [-0.4, -0.2) is 83.0 Å². The Morgan fingerprint density at radius 2 is 0.978 bits per heavy atom. The van der Waals surface area contributed by atoms with Crippen LogP contribution in [0.1, 0.15) is 160 Å². The molecular weight excluding hydrogens is 1130 g/mol. The lowest BCUT2D eigenvalue weighted by molar-refractivity contribution is -0.813. The first kappa shape index (κ1) is 55.6. The van der Waals surface area contributed by atoms with Crippen LogP contribution in [0, 0.1) is 22.9 Å². The fourth-order valence-electron chi connectivity index (χ4n) is 17.5. The minimum Gasteiger partial charge on any atom is -0.324 e. The molecular formula is C75H78N12Si2+2. The van der Waals surface area contributed by atoms with Gasteiger partial charge in [-0.15, -0.1) is 15.7 Å². The van der Waals surface area contributed by atoms with E-state index in [1.54, 1.807) is 0 Å². The van der Waals surface area contributed by atoms with Crippen LogP contribution in [0.5, 0.6) is 0 Å². The fourth-order valence-corrected chi connectivity index (χ4v) is 27.9. The summed E-state index contributed by atoms with van der Waals surface area (Å²) in [4.78, 5) is 31.2. The van der Waals surface area contributed by atoms with Crippen LogP contribution in [-0.2, 0) is 19.0 Å².